The molecule has 3 nitrogen and oxygen atoms in total. The van der Waals surface area contributed by atoms with E-state index in [2.05, 4.69) is 13.8 Å². The largest absolute Gasteiger partial charge is 0.393 e. The molecule has 1 saturated heterocycles. The molecule has 0 radical (unpaired) electrons. The quantitative estimate of drug-likeness (QED) is 0.752. The number of aliphatic hydroxyl groups excluding tert-OH is 2. The van der Waals surface area contributed by atoms with E-state index in [-0.39, 0.29) is 12.2 Å². The maximum absolute atomic E-state index is 9.29. The number of aliphatic hydroxyl groups is 2. The van der Waals surface area contributed by atoms with Crippen LogP contribution in [0.1, 0.15) is 46.0 Å². The lowest BCUT2D eigenvalue weighted by Gasteiger charge is -2.15. The number of alkyl halides is 1. The highest BCUT2D eigenvalue weighted by atomic mass is 35.5. The van der Waals surface area contributed by atoms with Gasteiger partial charge in [-0.3, -0.25) is 0 Å². The minimum absolute atomic E-state index is 0.140. The van der Waals surface area contributed by atoms with Crippen molar-refractivity contribution in [3.63, 3.8) is 0 Å². The van der Waals surface area contributed by atoms with Crippen molar-refractivity contribution >= 4 is 11.6 Å². The standard InChI is InChI=1S/C8H17ClO.C5H10O2/c1-3-4-8(10)5-7(2)6-9;6-5-2-1-3-7-4-5/h7-8,10H,3-6H2,1-2H3;5-6H,1-4H2/t;5-/m.1/s1. The normalized spacial score (nSPS) is 23.5. The lowest BCUT2D eigenvalue weighted by atomic mass is 10.0. The fraction of sp³-hybridized carbons (Fsp3) is 1.00. The van der Waals surface area contributed by atoms with Gasteiger partial charge >= 0.3 is 0 Å². The Kier molecular flexibility index (Phi) is 11.4. The minimum Gasteiger partial charge on any atom is -0.393 e. The van der Waals surface area contributed by atoms with Crippen LogP contribution in [-0.2, 0) is 4.74 Å². The van der Waals surface area contributed by atoms with Crippen LogP contribution >= 0.6 is 11.6 Å². The molecule has 104 valence electrons. The molecule has 0 amide bonds. The molecule has 0 bridgehead atoms. The van der Waals surface area contributed by atoms with Crippen LogP contribution in [0.2, 0.25) is 0 Å². The third kappa shape index (κ3) is 11.0. The Bertz CT molecular complexity index is 161. The molecule has 1 fully saturated rings. The molecular formula is C13H27ClO3. The van der Waals surface area contributed by atoms with Gasteiger partial charge in [-0.1, -0.05) is 20.3 Å². The van der Waals surface area contributed by atoms with Crippen molar-refractivity contribution in [2.24, 2.45) is 5.92 Å². The lowest BCUT2D eigenvalue weighted by molar-refractivity contribution is -0.00535. The lowest BCUT2D eigenvalue weighted by Crippen LogP contribution is -2.21. The summed E-state index contributed by atoms with van der Waals surface area (Å²) in [4.78, 5) is 0. The Balaban J connectivity index is 0.000000318. The van der Waals surface area contributed by atoms with Crippen molar-refractivity contribution in [1.29, 1.82) is 0 Å². The van der Waals surface area contributed by atoms with E-state index >= 15 is 0 Å². The van der Waals surface area contributed by atoms with Gasteiger partial charge in [-0.2, -0.15) is 0 Å². The first-order valence-corrected chi connectivity index (χ1v) is 7.13. The molecule has 17 heavy (non-hydrogen) atoms. The highest BCUT2D eigenvalue weighted by molar-refractivity contribution is 6.18. The van der Waals surface area contributed by atoms with Gasteiger partial charge in [-0.05, 0) is 31.6 Å². The monoisotopic (exact) mass is 266 g/mol. The van der Waals surface area contributed by atoms with Crippen LogP contribution in [0.5, 0.6) is 0 Å². The van der Waals surface area contributed by atoms with E-state index in [1.807, 2.05) is 0 Å². The molecular weight excluding hydrogens is 240 g/mol. The Hall–Kier alpha value is 0.170. The van der Waals surface area contributed by atoms with Crippen LogP contribution in [0.3, 0.4) is 0 Å². The van der Waals surface area contributed by atoms with Crippen LogP contribution < -0.4 is 0 Å². The minimum atomic E-state index is -0.186. The first-order chi connectivity index (χ1) is 8.10. The zero-order valence-corrected chi connectivity index (χ0v) is 11.8. The summed E-state index contributed by atoms with van der Waals surface area (Å²) in [5.74, 6) is 1.10. The molecule has 1 rings (SSSR count). The Morgan fingerprint density at radius 2 is 2.18 bits per heavy atom. The molecule has 1 heterocycles. The van der Waals surface area contributed by atoms with Crippen LogP contribution in [-0.4, -0.2) is 41.5 Å². The van der Waals surface area contributed by atoms with E-state index < -0.39 is 0 Å². The van der Waals surface area contributed by atoms with Crippen molar-refractivity contribution in [2.75, 3.05) is 19.1 Å². The van der Waals surface area contributed by atoms with E-state index in [0.29, 0.717) is 18.4 Å². The second-order valence-electron chi connectivity index (χ2n) is 4.81. The highest BCUT2D eigenvalue weighted by Crippen LogP contribution is 2.11. The molecule has 0 aliphatic carbocycles. The number of rotatable bonds is 5. The summed E-state index contributed by atoms with van der Waals surface area (Å²) in [5, 5.41) is 18.1. The van der Waals surface area contributed by atoms with Crippen LogP contribution in [0.15, 0.2) is 0 Å². The van der Waals surface area contributed by atoms with Gasteiger partial charge in [-0.15, -0.1) is 11.6 Å². The fourth-order valence-corrected chi connectivity index (χ4v) is 1.83. The van der Waals surface area contributed by atoms with Crippen molar-refractivity contribution in [3.05, 3.63) is 0 Å². The van der Waals surface area contributed by atoms with Gasteiger partial charge < -0.3 is 14.9 Å². The third-order valence-corrected chi connectivity index (χ3v) is 3.22. The van der Waals surface area contributed by atoms with Crippen LogP contribution in [0, 0.1) is 5.92 Å². The highest BCUT2D eigenvalue weighted by Gasteiger charge is 2.08. The van der Waals surface area contributed by atoms with E-state index in [0.717, 1.165) is 38.7 Å². The SMILES string of the molecule is CCCC(O)CC(C)CCl.O[C@@H]1CCCOC1. The smallest absolute Gasteiger partial charge is 0.0774 e. The van der Waals surface area contributed by atoms with Gasteiger partial charge in [0.15, 0.2) is 0 Å². The maximum Gasteiger partial charge on any atom is 0.0774 e. The van der Waals surface area contributed by atoms with Gasteiger partial charge in [0.2, 0.25) is 0 Å². The second kappa shape index (κ2) is 11.3. The number of hydrogen-bond acceptors (Lipinski definition) is 3. The second-order valence-corrected chi connectivity index (χ2v) is 5.12. The maximum atomic E-state index is 9.29. The molecule has 1 aliphatic rings. The molecule has 4 heteroatoms. The van der Waals surface area contributed by atoms with E-state index in [1.165, 1.54) is 0 Å². The van der Waals surface area contributed by atoms with Crippen molar-refractivity contribution < 1.29 is 14.9 Å². The molecule has 0 aromatic heterocycles. The first kappa shape index (κ1) is 17.2. The van der Waals surface area contributed by atoms with Gasteiger partial charge in [0.1, 0.15) is 0 Å². The Morgan fingerprint density at radius 1 is 1.47 bits per heavy atom. The van der Waals surface area contributed by atoms with Gasteiger partial charge in [0, 0.05) is 12.5 Å². The number of hydrogen-bond donors (Lipinski definition) is 2. The third-order valence-electron chi connectivity index (χ3n) is 2.70. The molecule has 2 N–H and O–H groups in total. The van der Waals surface area contributed by atoms with Crippen molar-refractivity contribution in [3.8, 4) is 0 Å². The molecule has 0 saturated carbocycles. The Morgan fingerprint density at radius 3 is 2.53 bits per heavy atom. The van der Waals surface area contributed by atoms with E-state index in [4.69, 9.17) is 21.4 Å². The summed E-state index contributed by atoms with van der Waals surface area (Å²) in [6.45, 7) is 5.51. The summed E-state index contributed by atoms with van der Waals surface area (Å²) in [7, 11) is 0. The topological polar surface area (TPSA) is 49.7 Å². The summed E-state index contributed by atoms with van der Waals surface area (Å²) >= 11 is 5.59. The molecule has 0 aromatic rings. The molecule has 2 unspecified atom stereocenters. The van der Waals surface area contributed by atoms with Crippen LogP contribution in [0.25, 0.3) is 0 Å². The summed E-state index contributed by atoms with van der Waals surface area (Å²) in [6, 6.07) is 0. The average molecular weight is 267 g/mol. The van der Waals surface area contributed by atoms with Crippen molar-refractivity contribution in [2.45, 2.75) is 58.2 Å². The number of halogens is 1. The molecule has 3 atom stereocenters. The fourth-order valence-electron chi connectivity index (χ4n) is 1.70. The molecule has 1 aliphatic heterocycles. The predicted octanol–water partition coefficient (Wildman–Crippen LogP) is 2.57. The zero-order chi connectivity index (χ0) is 13.1. The zero-order valence-electron chi connectivity index (χ0n) is 11.1. The van der Waals surface area contributed by atoms with Gasteiger partial charge in [0.25, 0.3) is 0 Å². The van der Waals surface area contributed by atoms with Crippen molar-refractivity contribution in [1.82, 2.24) is 0 Å². The Labute approximate surface area is 110 Å². The van der Waals surface area contributed by atoms with E-state index in [1.54, 1.807) is 0 Å². The predicted molar refractivity (Wildman–Crippen MR) is 71.5 cm³/mol. The van der Waals surface area contributed by atoms with Crippen LogP contribution in [0.4, 0.5) is 0 Å². The molecule has 0 aromatic carbocycles. The van der Waals surface area contributed by atoms with Gasteiger partial charge in [-0.25, -0.2) is 0 Å². The molecule has 0 spiro atoms. The van der Waals surface area contributed by atoms with Gasteiger partial charge in [0.05, 0.1) is 18.8 Å². The summed E-state index contributed by atoms with van der Waals surface area (Å²) in [6.07, 6.45) is 4.41. The summed E-state index contributed by atoms with van der Waals surface area (Å²) < 4.78 is 4.93. The van der Waals surface area contributed by atoms with E-state index in [9.17, 15) is 5.11 Å². The average Bonchev–Trinajstić information content (AvgIpc) is 2.31. The number of ether oxygens (including phenoxy) is 1. The summed E-state index contributed by atoms with van der Waals surface area (Å²) in [5.41, 5.74) is 0. The first-order valence-electron chi connectivity index (χ1n) is 6.59.